The fourth-order valence-corrected chi connectivity index (χ4v) is 1.31. The van der Waals surface area contributed by atoms with Gasteiger partial charge in [0.2, 0.25) is 0 Å². The molecule has 0 N–H and O–H groups in total. The molecule has 2 nitrogen and oxygen atoms in total. The van der Waals surface area contributed by atoms with Crippen molar-refractivity contribution in [3.8, 4) is 0 Å². The SMILES string of the molecule is O=C([CH]c1ccc(F)cc1)c1ccncc1. The number of ketones is 1. The van der Waals surface area contributed by atoms with Gasteiger partial charge in [-0.3, -0.25) is 9.78 Å². The van der Waals surface area contributed by atoms with Crippen LogP contribution in [0.2, 0.25) is 0 Å². The zero-order chi connectivity index (χ0) is 11.4. The van der Waals surface area contributed by atoms with Crippen molar-refractivity contribution in [2.75, 3.05) is 0 Å². The highest BCUT2D eigenvalue weighted by atomic mass is 19.1. The second-order valence-corrected chi connectivity index (χ2v) is 3.30. The predicted molar refractivity (Wildman–Crippen MR) is 58.4 cm³/mol. The molecule has 0 amide bonds. The zero-order valence-electron chi connectivity index (χ0n) is 8.43. The summed E-state index contributed by atoms with van der Waals surface area (Å²) in [7, 11) is 0. The molecule has 0 saturated carbocycles. The fourth-order valence-electron chi connectivity index (χ4n) is 1.31. The molecule has 1 aromatic heterocycles. The number of carbonyl (C=O) groups is 1. The van der Waals surface area contributed by atoms with E-state index in [1.54, 1.807) is 36.7 Å². The van der Waals surface area contributed by atoms with E-state index in [9.17, 15) is 9.18 Å². The standard InChI is InChI=1S/C13H9FNO/c14-12-3-1-10(2-4-12)9-13(16)11-5-7-15-8-6-11/h1-9H. The Balaban J connectivity index is 2.11. The van der Waals surface area contributed by atoms with Gasteiger partial charge in [-0.25, -0.2) is 4.39 Å². The Morgan fingerprint density at radius 1 is 1.06 bits per heavy atom. The Kier molecular flexibility index (Phi) is 3.05. The van der Waals surface area contributed by atoms with E-state index in [2.05, 4.69) is 4.98 Å². The summed E-state index contributed by atoms with van der Waals surface area (Å²) >= 11 is 0. The van der Waals surface area contributed by atoms with E-state index in [0.717, 1.165) is 0 Å². The van der Waals surface area contributed by atoms with E-state index in [0.29, 0.717) is 11.1 Å². The number of rotatable bonds is 3. The van der Waals surface area contributed by atoms with Gasteiger partial charge in [-0.05, 0) is 29.8 Å². The van der Waals surface area contributed by atoms with Gasteiger partial charge in [-0.2, -0.15) is 0 Å². The van der Waals surface area contributed by atoms with Crippen molar-refractivity contribution in [1.29, 1.82) is 0 Å². The Bertz CT molecular complexity index is 479. The summed E-state index contributed by atoms with van der Waals surface area (Å²) < 4.78 is 12.6. The average molecular weight is 214 g/mol. The normalized spacial score (nSPS) is 10.1. The molecule has 0 aliphatic heterocycles. The first-order valence-electron chi connectivity index (χ1n) is 4.80. The van der Waals surface area contributed by atoms with Crippen molar-refractivity contribution in [2.24, 2.45) is 0 Å². The molecule has 0 bridgehead atoms. The molecule has 79 valence electrons. The predicted octanol–water partition coefficient (Wildman–Crippen LogP) is 2.66. The lowest BCUT2D eigenvalue weighted by Crippen LogP contribution is -2.00. The van der Waals surface area contributed by atoms with Crippen LogP contribution < -0.4 is 0 Å². The number of hydrogen-bond donors (Lipinski definition) is 0. The number of pyridine rings is 1. The lowest BCUT2D eigenvalue weighted by molar-refractivity contribution is 0.103. The molecular weight excluding hydrogens is 205 g/mol. The lowest BCUT2D eigenvalue weighted by atomic mass is 10.0. The summed E-state index contributed by atoms with van der Waals surface area (Å²) in [6.07, 6.45) is 4.59. The number of carbonyl (C=O) groups excluding carboxylic acids is 1. The molecule has 0 atom stereocenters. The minimum Gasteiger partial charge on any atom is -0.293 e. The first kappa shape index (κ1) is 10.5. The number of nitrogens with zero attached hydrogens (tertiary/aromatic N) is 1. The van der Waals surface area contributed by atoms with E-state index in [1.807, 2.05) is 0 Å². The topological polar surface area (TPSA) is 30.0 Å². The molecule has 1 radical (unpaired) electrons. The maximum Gasteiger partial charge on any atom is 0.171 e. The maximum atomic E-state index is 12.6. The van der Waals surface area contributed by atoms with Crippen molar-refractivity contribution in [3.63, 3.8) is 0 Å². The minimum atomic E-state index is -0.312. The Hall–Kier alpha value is -2.03. The molecule has 0 unspecified atom stereocenters. The van der Waals surface area contributed by atoms with Gasteiger partial charge in [0.05, 0.1) is 6.42 Å². The van der Waals surface area contributed by atoms with Crippen molar-refractivity contribution in [2.45, 2.75) is 0 Å². The van der Waals surface area contributed by atoms with Crippen LogP contribution in [0.4, 0.5) is 4.39 Å². The molecule has 1 aromatic carbocycles. The Morgan fingerprint density at radius 3 is 2.31 bits per heavy atom. The Labute approximate surface area is 92.8 Å². The van der Waals surface area contributed by atoms with Crippen LogP contribution in [0.3, 0.4) is 0 Å². The highest BCUT2D eigenvalue weighted by molar-refractivity contribution is 6.04. The van der Waals surface area contributed by atoms with Crippen LogP contribution in [0.1, 0.15) is 15.9 Å². The van der Waals surface area contributed by atoms with Crippen LogP contribution in [0.5, 0.6) is 0 Å². The second-order valence-electron chi connectivity index (χ2n) is 3.30. The monoisotopic (exact) mass is 214 g/mol. The summed E-state index contributed by atoms with van der Waals surface area (Å²) in [6.45, 7) is 0. The summed E-state index contributed by atoms with van der Waals surface area (Å²) in [5.74, 6) is -0.428. The van der Waals surface area contributed by atoms with Crippen molar-refractivity contribution < 1.29 is 9.18 Å². The van der Waals surface area contributed by atoms with Crippen LogP contribution in [-0.2, 0) is 0 Å². The molecule has 1 heterocycles. The molecule has 0 fully saturated rings. The first-order chi connectivity index (χ1) is 7.75. The van der Waals surface area contributed by atoms with Crippen LogP contribution in [0, 0.1) is 12.2 Å². The van der Waals surface area contributed by atoms with Crippen LogP contribution in [-0.4, -0.2) is 10.8 Å². The number of Topliss-reactive ketones (excluding diaryl/α,β-unsaturated/α-hetero) is 1. The second kappa shape index (κ2) is 4.66. The van der Waals surface area contributed by atoms with Gasteiger partial charge in [0.25, 0.3) is 0 Å². The molecule has 0 saturated heterocycles. The summed E-state index contributed by atoms with van der Waals surface area (Å²) in [5.41, 5.74) is 1.25. The van der Waals surface area contributed by atoms with Crippen molar-refractivity contribution in [1.82, 2.24) is 4.98 Å². The number of halogens is 1. The van der Waals surface area contributed by atoms with Crippen molar-refractivity contribution in [3.05, 3.63) is 72.2 Å². The van der Waals surface area contributed by atoms with E-state index in [-0.39, 0.29) is 11.6 Å². The third-order valence-electron chi connectivity index (χ3n) is 2.13. The average Bonchev–Trinajstić information content (AvgIpc) is 2.33. The third-order valence-corrected chi connectivity index (χ3v) is 2.13. The molecular formula is C13H9FNO. The number of aromatic nitrogens is 1. The third kappa shape index (κ3) is 2.51. The van der Waals surface area contributed by atoms with E-state index < -0.39 is 0 Å². The molecule has 3 heteroatoms. The summed E-state index contributed by atoms with van der Waals surface area (Å²) in [4.78, 5) is 15.6. The van der Waals surface area contributed by atoms with Crippen LogP contribution >= 0.6 is 0 Å². The number of hydrogen-bond acceptors (Lipinski definition) is 2. The van der Waals surface area contributed by atoms with Gasteiger partial charge in [-0.15, -0.1) is 0 Å². The molecule has 0 spiro atoms. The fraction of sp³-hybridized carbons (Fsp3) is 0. The first-order valence-corrected chi connectivity index (χ1v) is 4.80. The molecule has 0 aliphatic rings. The Morgan fingerprint density at radius 2 is 1.69 bits per heavy atom. The van der Waals surface area contributed by atoms with Gasteiger partial charge in [-0.1, -0.05) is 12.1 Å². The zero-order valence-corrected chi connectivity index (χ0v) is 8.43. The van der Waals surface area contributed by atoms with Gasteiger partial charge < -0.3 is 0 Å². The smallest absolute Gasteiger partial charge is 0.171 e. The summed E-state index contributed by atoms with van der Waals surface area (Å²) in [5, 5.41) is 0. The summed E-state index contributed by atoms with van der Waals surface area (Å²) in [6, 6.07) is 9.06. The molecule has 2 rings (SSSR count). The van der Waals surface area contributed by atoms with Gasteiger partial charge in [0, 0.05) is 18.0 Å². The van der Waals surface area contributed by atoms with Crippen molar-refractivity contribution >= 4 is 5.78 Å². The molecule has 16 heavy (non-hydrogen) atoms. The quantitative estimate of drug-likeness (QED) is 0.735. The highest BCUT2D eigenvalue weighted by Gasteiger charge is 2.06. The van der Waals surface area contributed by atoms with Gasteiger partial charge in [0.15, 0.2) is 5.78 Å². The number of benzene rings is 1. The van der Waals surface area contributed by atoms with E-state index in [1.165, 1.54) is 18.6 Å². The molecule has 0 aliphatic carbocycles. The maximum absolute atomic E-state index is 12.6. The van der Waals surface area contributed by atoms with Crippen LogP contribution in [0.25, 0.3) is 0 Å². The van der Waals surface area contributed by atoms with E-state index >= 15 is 0 Å². The minimum absolute atomic E-state index is 0.117. The van der Waals surface area contributed by atoms with Gasteiger partial charge in [0.1, 0.15) is 5.82 Å². The lowest BCUT2D eigenvalue weighted by Gasteiger charge is -2.00. The highest BCUT2D eigenvalue weighted by Crippen LogP contribution is 2.09. The van der Waals surface area contributed by atoms with E-state index in [4.69, 9.17) is 0 Å². The van der Waals surface area contributed by atoms with Crippen LogP contribution in [0.15, 0.2) is 48.8 Å². The molecule has 2 aromatic rings. The largest absolute Gasteiger partial charge is 0.293 e. The van der Waals surface area contributed by atoms with Gasteiger partial charge >= 0.3 is 0 Å².